The summed E-state index contributed by atoms with van der Waals surface area (Å²) in [4.78, 5) is 17.4. The number of aromatic hydroxyl groups is 1. The van der Waals surface area contributed by atoms with Gasteiger partial charge in [-0.25, -0.2) is 14.2 Å². The summed E-state index contributed by atoms with van der Waals surface area (Å²) in [6.07, 6.45) is 0.752. The van der Waals surface area contributed by atoms with E-state index in [-0.39, 0.29) is 5.56 Å². The van der Waals surface area contributed by atoms with Crippen LogP contribution in [0.5, 0.6) is 5.75 Å². The van der Waals surface area contributed by atoms with Crippen LogP contribution in [0.4, 0.5) is 4.39 Å². The van der Waals surface area contributed by atoms with Crippen LogP contribution < -0.4 is 0 Å². The third kappa shape index (κ3) is 3.92. The minimum Gasteiger partial charge on any atom is -0.507 e. The lowest BCUT2D eigenvalue weighted by molar-refractivity contribution is 0.0693. The number of hydrogen-bond donors (Lipinski definition) is 2. The van der Waals surface area contributed by atoms with Crippen LogP contribution in [0.2, 0.25) is 0 Å². The van der Waals surface area contributed by atoms with Crippen LogP contribution in [0.15, 0.2) is 53.9 Å². The number of thiophene rings is 1. The average Bonchev–Trinajstić information content (AvgIpc) is 3.30. The van der Waals surface area contributed by atoms with E-state index in [1.54, 1.807) is 11.3 Å². The van der Waals surface area contributed by atoms with Crippen molar-refractivity contribution in [3.63, 3.8) is 0 Å². The summed E-state index contributed by atoms with van der Waals surface area (Å²) in [5.74, 6) is -2.51. The second kappa shape index (κ2) is 7.77. The van der Waals surface area contributed by atoms with Gasteiger partial charge in [0.2, 0.25) is 0 Å². The van der Waals surface area contributed by atoms with Gasteiger partial charge >= 0.3 is 5.97 Å². The van der Waals surface area contributed by atoms with Crippen LogP contribution in [0, 0.1) is 12.7 Å². The molecule has 0 radical (unpaired) electrons. The minimum atomic E-state index is -1.37. The van der Waals surface area contributed by atoms with Crippen molar-refractivity contribution in [1.29, 1.82) is 0 Å². The highest BCUT2D eigenvalue weighted by Gasteiger charge is 2.18. The van der Waals surface area contributed by atoms with Crippen LogP contribution in [-0.2, 0) is 6.42 Å². The molecule has 4 nitrogen and oxygen atoms in total. The number of thiazole rings is 1. The zero-order valence-electron chi connectivity index (χ0n) is 15.3. The molecular weight excluding hydrogens is 409 g/mol. The number of benzene rings is 2. The molecule has 7 heteroatoms. The number of nitrogens with zero attached hydrogens (tertiary/aromatic N) is 1. The molecule has 0 aliphatic heterocycles. The van der Waals surface area contributed by atoms with Gasteiger partial charge < -0.3 is 10.2 Å². The SMILES string of the molecule is Cc1nc(Cc2ccccc2)sc1-c1csc(-c2cc(O)c(C(=O)O)cc2F)c1. The summed E-state index contributed by atoms with van der Waals surface area (Å²) in [5.41, 5.74) is 2.76. The number of hydrogen-bond acceptors (Lipinski definition) is 5. The average molecular weight is 426 g/mol. The Morgan fingerprint density at radius 2 is 1.93 bits per heavy atom. The van der Waals surface area contributed by atoms with Gasteiger partial charge in [0, 0.05) is 27.8 Å². The topological polar surface area (TPSA) is 70.4 Å². The molecule has 0 unspecified atom stereocenters. The zero-order valence-corrected chi connectivity index (χ0v) is 17.0. The molecule has 0 fully saturated rings. The Morgan fingerprint density at radius 1 is 1.17 bits per heavy atom. The van der Waals surface area contributed by atoms with Gasteiger partial charge in [-0.05, 0) is 30.7 Å². The van der Waals surface area contributed by atoms with E-state index in [0.29, 0.717) is 4.88 Å². The molecule has 146 valence electrons. The van der Waals surface area contributed by atoms with E-state index in [0.717, 1.165) is 39.7 Å². The maximum absolute atomic E-state index is 14.4. The quantitative estimate of drug-likeness (QED) is 0.413. The van der Waals surface area contributed by atoms with Gasteiger partial charge in [0.15, 0.2) is 0 Å². The van der Waals surface area contributed by atoms with Gasteiger partial charge in [0.25, 0.3) is 0 Å². The second-order valence-electron chi connectivity index (χ2n) is 6.54. The van der Waals surface area contributed by atoms with Gasteiger partial charge in [-0.3, -0.25) is 0 Å². The van der Waals surface area contributed by atoms with Gasteiger partial charge in [-0.1, -0.05) is 30.3 Å². The molecule has 0 aliphatic rings. The fourth-order valence-electron chi connectivity index (χ4n) is 3.08. The number of carbonyl (C=O) groups is 1. The first kappa shape index (κ1) is 19.3. The van der Waals surface area contributed by atoms with Crippen molar-refractivity contribution in [2.24, 2.45) is 0 Å². The molecule has 0 saturated heterocycles. The minimum absolute atomic E-state index is 0.176. The number of carboxylic acid groups (broad SMARTS) is 1. The van der Waals surface area contributed by atoms with E-state index in [1.807, 2.05) is 36.6 Å². The molecular formula is C22H16FNO3S2. The van der Waals surface area contributed by atoms with Crippen molar-refractivity contribution in [3.8, 4) is 26.6 Å². The molecule has 0 atom stereocenters. The van der Waals surface area contributed by atoms with Gasteiger partial charge in [-0.2, -0.15) is 0 Å². The lowest BCUT2D eigenvalue weighted by Crippen LogP contribution is -1.98. The van der Waals surface area contributed by atoms with Gasteiger partial charge in [-0.15, -0.1) is 22.7 Å². The monoisotopic (exact) mass is 425 g/mol. The highest BCUT2D eigenvalue weighted by molar-refractivity contribution is 7.17. The molecule has 0 spiro atoms. The van der Waals surface area contributed by atoms with Gasteiger partial charge in [0.1, 0.15) is 17.1 Å². The molecule has 2 aromatic heterocycles. The number of aryl methyl sites for hydroxylation is 1. The van der Waals surface area contributed by atoms with Crippen molar-refractivity contribution in [2.45, 2.75) is 13.3 Å². The Bertz CT molecular complexity index is 1200. The van der Waals surface area contributed by atoms with E-state index in [9.17, 15) is 14.3 Å². The number of halogens is 1. The molecule has 2 aromatic carbocycles. The summed E-state index contributed by atoms with van der Waals surface area (Å²) in [7, 11) is 0. The molecule has 0 bridgehead atoms. The number of aromatic carboxylic acids is 1. The first-order chi connectivity index (χ1) is 13.9. The second-order valence-corrected chi connectivity index (χ2v) is 8.53. The third-order valence-corrected chi connectivity index (χ3v) is 6.65. The van der Waals surface area contributed by atoms with Crippen LogP contribution >= 0.6 is 22.7 Å². The van der Waals surface area contributed by atoms with Crippen molar-refractivity contribution in [1.82, 2.24) is 4.98 Å². The predicted octanol–water partition coefficient (Wildman–Crippen LogP) is 5.98. The summed E-state index contributed by atoms with van der Waals surface area (Å²) in [6.45, 7) is 1.95. The molecule has 0 saturated carbocycles. The Hall–Kier alpha value is -3.03. The maximum Gasteiger partial charge on any atom is 0.339 e. The van der Waals surface area contributed by atoms with E-state index < -0.39 is 23.1 Å². The lowest BCUT2D eigenvalue weighted by Gasteiger charge is -2.04. The molecule has 2 heterocycles. The van der Waals surface area contributed by atoms with E-state index in [1.165, 1.54) is 16.9 Å². The van der Waals surface area contributed by atoms with Crippen molar-refractivity contribution < 1.29 is 19.4 Å². The largest absolute Gasteiger partial charge is 0.507 e. The molecule has 0 amide bonds. The Balaban J connectivity index is 1.65. The number of aromatic nitrogens is 1. The number of carboxylic acids is 1. The molecule has 0 aliphatic carbocycles. The fourth-order valence-corrected chi connectivity index (χ4v) is 5.16. The molecule has 2 N–H and O–H groups in total. The first-order valence-corrected chi connectivity index (χ1v) is 10.5. The highest BCUT2D eigenvalue weighted by atomic mass is 32.1. The normalized spacial score (nSPS) is 11.0. The summed E-state index contributed by atoms with van der Waals surface area (Å²) < 4.78 is 14.4. The van der Waals surface area contributed by atoms with Crippen molar-refractivity contribution in [3.05, 3.63) is 81.6 Å². The lowest BCUT2D eigenvalue weighted by atomic mass is 10.1. The summed E-state index contributed by atoms with van der Waals surface area (Å²) >= 11 is 2.94. The Morgan fingerprint density at radius 3 is 2.66 bits per heavy atom. The maximum atomic E-state index is 14.4. The highest BCUT2D eigenvalue weighted by Crippen LogP contribution is 2.39. The first-order valence-electron chi connectivity index (χ1n) is 8.77. The number of phenols is 1. The van der Waals surface area contributed by atoms with Crippen LogP contribution in [0.25, 0.3) is 20.9 Å². The van der Waals surface area contributed by atoms with Crippen molar-refractivity contribution in [2.75, 3.05) is 0 Å². The Labute approximate surface area is 174 Å². The van der Waals surface area contributed by atoms with E-state index in [2.05, 4.69) is 17.1 Å². The predicted molar refractivity (Wildman–Crippen MR) is 113 cm³/mol. The smallest absolute Gasteiger partial charge is 0.339 e. The van der Waals surface area contributed by atoms with Gasteiger partial charge in [0.05, 0.1) is 15.6 Å². The summed E-state index contributed by atoms with van der Waals surface area (Å²) in [5, 5.41) is 21.8. The Kier molecular flexibility index (Phi) is 5.17. The third-order valence-electron chi connectivity index (χ3n) is 4.48. The van der Waals surface area contributed by atoms with Crippen molar-refractivity contribution >= 4 is 28.6 Å². The van der Waals surface area contributed by atoms with E-state index >= 15 is 0 Å². The molecule has 29 heavy (non-hydrogen) atoms. The molecule has 4 rings (SSSR count). The fraction of sp³-hybridized carbons (Fsp3) is 0.0909. The van der Waals surface area contributed by atoms with Crippen LogP contribution in [0.3, 0.4) is 0 Å². The standard InChI is InChI=1S/C22H16FNO3S2/c1-12-21(29-20(24-12)7-13-5-3-2-4-6-13)14-8-19(28-11-14)15-10-18(25)16(22(26)27)9-17(15)23/h2-6,8-11,25H,7H2,1H3,(H,26,27). The zero-order chi connectivity index (χ0) is 20.5. The number of rotatable bonds is 5. The summed E-state index contributed by atoms with van der Waals surface area (Å²) in [6, 6.07) is 14.0. The van der Waals surface area contributed by atoms with E-state index in [4.69, 9.17) is 5.11 Å². The molecule has 4 aromatic rings. The van der Waals surface area contributed by atoms with Crippen LogP contribution in [-0.4, -0.2) is 21.2 Å². The van der Waals surface area contributed by atoms with Crippen LogP contribution in [0.1, 0.15) is 26.6 Å².